The number of carbonyl (C=O) groups is 1. The first-order chi connectivity index (χ1) is 6.38. The molecule has 0 rings (SSSR count). The highest BCUT2D eigenvalue weighted by molar-refractivity contribution is 5.75. The Morgan fingerprint density at radius 1 is 1.50 bits per heavy atom. The molecular weight excluding hydrogens is 176 g/mol. The van der Waals surface area contributed by atoms with Crippen molar-refractivity contribution in [2.75, 3.05) is 0 Å². The summed E-state index contributed by atoms with van der Waals surface area (Å²) in [6.07, 6.45) is 6.03. The van der Waals surface area contributed by atoms with E-state index in [1.54, 1.807) is 0 Å². The zero-order valence-electron chi connectivity index (χ0n) is 9.54. The Morgan fingerprint density at radius 3 is 2.50 bits per heavy atom. The van der Waals surface area contributed by atoms with E-state index in [-0.39, 0.29) is 5.97 Å². The predicted molar refractivity (Wildman–Crippen MR) is 58.7 cm³/mol. The largest absolute Gasteiger partial charge is 0.434 e. The summed E-state index contributed by atoms with van der Waals surface area (Å²) >= 11 is 0. The summed E-state index contributed by atoms with van der Waals surface area (Å²) in [5.74, 6) is 0.208. The SMILES string of the molecule is C=CC(C)C/C=C\OC(=O)C(C)(C)C. The van der Waals surface area contributed by atoms with Gasteiger partial charge in [0, 0.05) is 0 Å². The van der Waals surface area contributed by atoms with Crippen molar-refractivity contribution in [1.29, 1.82) is 0 Å². The van der Waals surface area contributed by atoms with Crippen LogP contribution >= 0.6 is 0 Å². The second kappa shape index (κ2) is 5.63. The van der Waals surface area contributed by atoms with E-state index in [4.69, 9.17) is 4.74 Å². The van der Waals surface area contributed by atoms with Gasteiger partial charge in [-0.05, 0) is 39.2 Å². The monoisotopic (exact) mass is 196 g/mol. The maximum atomic E-state index is 11.3. The average Bonchev–Trinajstić information content (AvgIpc) is 2.09. The molecular formula is C12H20O2. The minimum Gasteiger partial charge on any atom is -0.434 e. The van der Waals surface area contributed by atoms with Gasteiger partial charge in [0.25, 0.3) is 0 Å². The highest BCUT2D eigenvalue weighted by Gasteiger charge is 2.21. The molecule has 0 heterocycles. The lowest BCUT2D eigenvalue weighted by Crippen LogP contribution is -2.20. The second-order valence-electron chi connectivity index (χ2n) is 4.48. The molecule has 2 nitrogen and oxygen atoms in total. The van der Waals surface area contributed by atoms with E-state index in [1.807, 2.05) is 32.9 Å². The topological polar surface area (TPSA) is 26.3 Å². The van der Waals surface area contributed by atoms with Crippen molar-refractivity contribution in [2.24, 2.45) is 11.3 Å². The van der Waals surface area contributed by atoms with Crippen molar-refractivity contribution in [3.05, 3.63) is 25.0 Å². The summed E-state index contributed by atoms with van der Waals surface area (Å²) in [4.78, 5) is 11.3. The van der Waals surface area contributed by atoms with Gasteiger partial charge in [0.05, 0.1) is 11.7 Å². The van der Waals surface area contributed by atoms with E-state index < -0.39 is 5.41 Å². The van der Waals surface area contributed by atoms with Crippen LogP contribution < -0.4 is 0 Å². The van der Waals surface area contributed by atoms with E-state index in [9.17, 15) is 4.79 Å². The molecule has 0 aliphatic rings. The summed E-state index contributed by atoms with van der Waals surface area (Å²) in [5, 5.41) is 0. The van der Waals surface area contributed by atoms with Gasteiger partial charge in [-0.3, -0.25) is 4.79 Å². The highest BCUT2D eigenvalue weighted by atomic mass is 16.5. The lowest BCUT2D eigenvalue weighted by atomic mass is 9.97. The van der Waals surface area contributed by atoms with E-state index in [0.717, 1.165) is 6.42 Å². The second-order valence-corrected chi connectivity index (χ2v) is 4.48. The lowest BCUT2D eigenvalue weighted by molar-refractivity contribution is -0.146. The fourth-order valence-corrected chi connectivity index (χ4v) is 0.653. The Hall–Kier alpha value is -1.05. The van der Waals surface area contributed by atoms with E-state index >= 15 is 0 Å². The third-order valence-electron chi connectivity index (χ3n) is 1.79. The summed E-state index contributed by atoms with van der Waals surface area (Å²) < 4.78 is 4.95. The smallest absolute Gasteiger partial charge is 0.316 e. The van der Waals surface area contributed by atoms with Gasteiger partial charge in [-0.25, -0.2) is 0 Å². The van der Waals surface area contributed by atoms with Crippen LogP contribution in [0.15, 0.2) is 25.0 Å². The molecule has 0 bridgehead atoms. The molecule has 0 aromatic rings. The maximum absolute atomic E-state index is 11.3. The quantitative estimate of drug-likeness (QED) is 0.392. The molecule has 0 N–H and O–H groups in total. The minimum atomic E-state index is -0.436. The van der Waals surface area contributed by atoms with E-state index in [0.29, 0.717) is 5.92 Å². The molecule has 0 aliphatic heterocycles. The molecule has 0 amide bonds. The van der Waals surface area contributed by atoms with Crippen LogP contribution in [0.2, 0.25) is 0 Å². The Kier molecular flexibility index (Phi) is 5.21. The van der Waals surface area contributed by atoms with Crippen LogP contribution in [0, 0.1) is 11.3 Å². The molecule has 0 aliphatic carbocycles. The number of carbonyl (C=O) groups excluding carboxylic acids is 1. The van der Waals surface area contributed by atoms with Gasteiger partial charge in [0.2, 0.25) is 0 Å². The summed E-state index contributed by atoms with van der Waals surface area (Å²) in [6.45, 7) is 11.2. The normalized spacial score (nSPS) is 14.0. The van der Waals surface area contributed by atoms with Crippen LogP contribution in [0.1, 0.15) is 34.1 Å². The molecule has 0 saturated heterocycles. The summed E-state index contributed by atoms with van der Waals surface area (Å²) in [5.41, 5.74) is -0.436. The Bertz CT molecular complexity index is 221. The molecule has 0 radical (unpaired) electrons. The molecule has 1 unspecified atom stereocenters. The number of hydrogen-bond donors (Lipinski definition) is 0. The minimum absolute atomic E-state index is 0.208. The van der Waals surface area contributed by atoms with E-state index in [2.05, 4.69) is 13.5 Å². The molecule has 0 saturated carbocycles. The fraction of sp³-hybridized carbons (Fsp3) is 0.583. The molecule has 2 heteroatoms. The van der Waals surface area contributed by atoms with Gasteiger partial charge in [-0.1, -0.05) is 13.0 Å². The van der Waals surface area contributed by atoms with Crippen molar-refractivity contribution >= 4 is 5.97 Å². The van der Waals surface area contributed by atoms with Crippen molar-refractivity contribution in [3.8, 4) is 0 Å². The van der Waals surface area contributed by atoms with Crippen LogP contribution in [0.5, 0.6) is 0 Å². The third-order valence-corrected chi connectivity index (χ3v) is 1.79. The van der Waals surface area contributed by atoms with Gasteiger partial charge < -0.3 is 4.74 Å². The zero-order valence-corrected chi connectivity index (χ0v) is 9.54. The molecule has 14 heavy (non-hydrogen) atoms. The summed E-state index contributed by atoms with van der Waals surface area (Å²) in [6, 6.07) is 0. The van der Waals surface area contributed by atoms with Gasteiger partial charge >= 0.3 is 5.97 Å². The van der Waals surface area contributed by atoms with Crippen LogP contribution in [0.4, 0.5) is 0 Å². The third kappa shape index (κ3) is 5.57. The van der Waals surface area contributed by atoms with Crippen molar-refractivity contribution in [1.82, 2.24) is 0 Å². The molecule has 80 valence electrons. The first-order valence-electron chi connectivity index (χ1n) is 4.86. The number of rotatable bonds is 4. The van der Waals surface area contributed by atoms with Crippen LogP contribution in [0.3, 0.4) is 0 Å². The Balaban J connectivity index is 3.84. The first kappa shape index (κ1) is 12.9. The Morgan fingerprint density at radius 2 is 2.07 bits per heavy atom. The fourth-order valence-electron chi connectivity index (χ4n) is 0.653. The maximum Gasteiger partial charge on any atom is 0.316 e. The predicted octanol–water partition coefficient (Wildman–Crippen LogP) is 3.30. The summed E-state index contributed by atoms with van der Waals surface area (Å²) in [7, 11) is 0. The highest BCUT2D eigenvalue weighted by Crippen LogP contribution is 2.15. The van der Waals surface area contributed by atoms with Crippen molar-refractivity contribution < 1.29 is 9.53 Å². The van der Waals surface area contributed by atoms with Gasteiger partial charge in [-0.15, -0.1) is 6.58 Å². The standard InChI is InChI=1S/C12H20O2/c1-6-10(2)8-7-9-14-11(13)12(3,4)5/h6-7,9-10H,1,8H2,2-5H3/b9-7-. The Labute approximate surface area is 86.6 Å². The van der Waals surface area contributed by atoms with Crippen LogP contribution in [-0.4, -0.2) is 5.97 Å². The average molecular weight is 196 g/mol. The molecule has 0 aromatic carbocycles. The first-order valence-corrected chi connectivity index (χ1v) is 4.86. The van der Waals surface area contributed by atoms with Crippen LogP contribution in [-0.2, 0) is 9.53 Å². The van der Waals surface area contributed by atoms with E-state index in [1.165, 1.54) is 6.26 Å². The number of hydrogen-bond acceptors (Lipinski definition) is 2. The molecule has 0 fully saturated rings. The van der Waals surface area contributed by atoms with Gasteiger partial charge in [0.1, 0.15) is 0 Å². The van der Waals surface area contributed by atoms with Crippen LogP contribution in [0.25, 0.3) is 0 Å². The number of ether oxygens (including phenoxy) is 1. The lowest BCUT2D eigenvalue weighted by Gasteiger charge is -2.13. The molecule has 0 spiro atoms. The number of esters is 1. The van der Waals surface area contributed by atoms with Gasteiger partial charge in [-0.2, -0.15) is 0 Å². The van der Waals surface area contributed by atoms with Gasteiger partial charge in [0.15, 0.2) is 0 Å². The van der Waals surface area contributed by atoms with Crippen molar-refractivity contribution in [2.45, 2.75) is 34.1 Å². The van der Waals surface area contributed by atoms with Crippen molar-refractivity contribution in [3.63, 3.8) is 0 Å². The number of allylic oxidation sites excluding steroid dienone is 2. The molecule has 0 aromatic heterocycles. The zero-order chi connectivity index (χ0) is 11.2. The molecule has 1 atom stereocenters.